The van der Waals surface area contributed by atoms with Crippen molar-refractivity contribution >= 4 is 16.9 Å². The highest BCUT2D eigenvalue weighted by Gasteiger charge is 2.12. The molecular weight excluding hydrogens is 244 g/mol. The number of allylic oxidation sites excluding steroid dienone is 3. The lowest BCUT2D eigenvalue weighted by Crippen LogP contribution is -2.01. The second-order valence-electron chi connectivity index (χ2n) is 5.99. The summed E-state index contributed by atoms with van der Waals surface area (Å²) in [6.07, 6.45) is 1.06. The summed E-state index contributed by atoms with van der Waals surface area (Å²) in [5.74, 6) is 0.620. The highest BCUT2D eigenvalue weighted by Crippen LogP contribution is 2.33. The van der Waals surface area contributed by atoms with Crippen molar-refractivity contribution in [3.8, 4) is 0 Å². The van der Waals surface area contributed by atoms with Gasteiger partial charge in [-0.1, -0.05) is 26.0 Å². The Morgan fingerprint density at radius 1 is 1.30 bits per heavy atom. The minimum absolute atomic E-state index is 0.620. The first kappa shape index (κ1) is 16.4. The van der Waals surface area contributed by atoms with Gasteiger partial charge in [-0.3, -0.25) is 0 Å². The zero-order valence-corrected chi connectivity index (χ0v) is 13.7. The molecule has 1 aromatic rings. The summed E-state index contributed by atoms with van der Waals surface area (Å²) < 4.78 is 0. The monoisotopic (exact) mass is 272 g/mol. The van der Waals surface area contributed by atoms with E-state index in [-0.39, 0.29) is 0 Å². The van der Waals surface area contributed by atoms with Crippen molar-refractivity contribution in [1.82, 2.24) is 0 Å². The van der Waals surface area contributed by atoms with Gasteiger partial charge < -0.3 is 11.1 Å². The molecule has 0 unspecified atom stereocenters. The molecule has 0 amide bonds. The molecule has 0 aliphatic carbocycles. The fourth-order valence-corrected chi connectivity index (χ4v) is 2.57. The van der Waals surface area contributed by atoms with Gasteiger partial charge in [0.05, 0.1) is 11.4 Å². The van der Waals surface area contributed by atoms with Gasteiger partial charge in [0, 0.05) is 7.05 Å². The molecule has 0 aliphatic heterocycles. The van der Waals surface area contributed by atoms with Crippen LogP contribution in [0.3, 0.4) is 0 Å². The number of hydrogen-bond acceptors (Lipinski definition) is 2. The maximum absolute atomic E-state index is 6.02. The fraction of sp³-hybridized carbons (Fsp3) is 0.444. The maximum atomic E-state index is 6.02. The van der Waals surface area contributed by atoms with Crippen molar-refractivity contribution in [2.75, 3.05) is 18.1 Å². The minimum Gasteiger partial charge on any atom is -0.397 e. The van der Waals surface area contributed by atoms with Crippen LogP contribution in [-0.2, 0) is 0 Å². The predicted molar refractivity (Wildman–Crippen MR) is 92.0 cm³/mol. The first-order chi connectivity index (χ1) is 9.27. The number of nitrogen functional groups attached to an aromatic ring is 1. The van der Waals surface area contributed by atoms with Crippen LogP contribution in [0.1, 0.15) is 45.2 Å². The van der Waals surface area contributed by atoms with Crippen LogP contribution >= 0.6 is 0 Å². The largest absolute Gasteiger partial charge is 0.397 e. The SMILES string of the molecule is C=C(C)/C(CC(C)C)=C(/C)c1cc(NC)c(N)cc1C. The minimum atomic E-state index is 0.620. The van der Waals surface area contributed by atoms with Gasteiger partial charge in [0.25, 0.3) is 0 Å². The Labute approximate surface area is 123 Å². The zero-order chi connectivity index (χ0) is 15.4. The highest BCUT2D eigenvalue weighted by molar-refractivity contribution is 5.79. The maximum Gasteiger partial charge on any atom is 0.0577 e. The van der Waals surface area contributed by atoms with Crippen molar-refractivity contribution in [1.29, 1.82) is 0 Å². The number of benzene rings is 1. The van der Waals surface area contributed by atoms with Gasteiger partial charge in [-0.25, -0.2) is 0 Å². The van der Waals surface area contributed by atoms with Gasteiger partial charge in [-0.05, 0) is 67.5 Å². The van der Waals surface area contributed by atoms with Gasteiger partial charge >= 0.3 is 0 Å². The van der Waals surface area contributed by atoms with E-state index >= 15 is 0 Å². The molecule has 1 aromatic carbocycles. The molecule has 0 radical (unpaired) electrons. The average molecular weight is 272 g/mol. The molecule has 2 nitrogen and oxygen atoms in total. The number of nitrogens with two attached hydrogens (primary N) is 1. The van der Waals surface area contributed by atoms with E-state index in [1.54, 1.807) is 0 Å². The van der Waals surface area contributed by atoms with Crippen LogP contribution in [0.25, 0.3) is 5.57 Å². The van der Waals surface area contributed by atoms with Gasteiger partial charge in [0.2, 0.25) is 0 Å². The van der Waals surface area contributed by atoms with Gasteiger partial charge in [0.1, 0.15) is 0 Å². The average Bonchev–Trinajstić information content (AvgIpc) is 2.35. The third-order valence-corrected chi connectivity index (χ3v) is 3.65. The first-order valence-electron chi connectivity index (χ1n) is 7.21. The van der Waals surface area contributed by atoms with Crippen LogP contribution in [-0.4, -0.2) is 7.05 Å². The third kappa shape index (κ3) is 3.66. The molecule has 1 rings (SSSR count). The fourth-order valence-electron chi connectivity index (χ4n) is 2.57. The van der Waals surface area contributed by atoms with Crippen LogP contribution < -0.4 is 11.1 Å². The molecule has 0 saturated carbocycles. The van der Waals surface area contributed by atoms with Crippen molar-refractivity contribution in [2.45, 2.75) is 41.0 Å². The summed E-state index contributed by atoms with van der Waals surface area (Å²) in [5.41, 5.74) is 14.1. The molecule has 3 N–H and O–H groups in total. The molecule has 0 aliphatic rings. The van der Waals surface area contributed by atoms with Crippen LogP contribution in [0.2, 0.25) is 0 Å². The molecule has 0 aromatic heterocycles. The lowest BCUT2D eigenvalue weighted by molar-refractivity contribution is 0.646. The third-order valence-electron chi connectivity index (χ3n) is 3.65. The van der Waals surface area contributed by atoms with Crippen LogP contribution in [0.15, 0.2) is 29.9 Å². The highest BCUT2D eigenvalue weighted by atomic mass is 14.8. The number of nitrogens with one attached hydrogen (secondary N) is 1. The van der Waals surface area contributed by atoms with Gasteiger partial charge in [-0.2, -0.15) is 0 Å². The molecule has 110 valence electrons. The van der Waals surface area contributed by atoms with E-state index in [0.29, 0.717) is 5.92 Å². The van der Waals surface area contributed by atoms with E-state index < -0.39 is 0 Å². The Bertz CT molecular complexity index is 537. The zero-order valence-electron chi connectivity index (χ0n) is 13.7. The van der Waals surface area contributed by atoms with E-state index in [1.807, 2.05) is 13.1 Å². The molecule has 0 bridgehead atoms. The Kier molecular flexibility index (Phi) is 5.43. The Balaban J connectivity index is 3.43. The summed E-state index contributed by atoms with van der Waals surface area (Å²) in [7, 11) is 1.90. The Morgan fingerprint density at radius 3 is 2.35 bits per heavy atom. The summed E-state index contributed by atoms with van der Waals surface area (Å²) in [4.78, 5) is 0. The van der Waals surface area contributed by atoms with E-state index in [0.717, 1.165) is 23.4 Å². The predicted octanol–water partition coefficient (Wildman–Crippen LogP) is 5.01. The van der Waals surface area contributed by atoms with Crippen molar-refractivity contribution in [3.63, 3.8) is 0 Å². The summed E-state index contributed by atoms with van der Waals surface area (Å²) in [6.45, 7) is 15.0. The molecule has 2 heteroatoms. The second kappa shape index (κ2) is 6.65. The standard InChI is InChI=1S/C18H28N2/c1-11(2)8-15(12(3)4)14(6)16-10-18(20-7)17(19)9-13(16)5/h9-11,20H,3,8,19H2,1-2,4-7H3/b15-14-. The van der Waals surface area contributed by atoms with Gasteiger partial charge in [0.15, 0.2) is 0 Å². The normalized spacial score (nSPS) is 12.3. The van der Waals surface area contributed by atoms with Crippen molar-refractivity contribution < 1.29 is 0 Å². The molecule has 0 fully saturated rings. The summed E-state index contributed by atoms with van der Waals surface area (Å²) in [5, 5.41) is 3.16. The molecule has 0 heterocycles. The molecule has 0 atom stereocenters. The number of anilines is 2. The van der Waals surface area contributed by atoms with Gasteiger partial charge in [-0.15, -0.1) is 0 Å². The van der Waals surface area contributed by atoms with Crippen LogP contribution in [0, 0.1) is 12.8 Å². The van der Waals surface area contributed by atoms with Crippen molar-refractivity contribution in [3.05, 3.63) is 41.0 Å². The lowest BCUT2D eigenvalue weighted by atomic mass is 9.89. The van der Waals surface area contributed by atoms with E-state index in [4.69, 9.17) is 5.73 Å². The number of hydrogen-bond donors (Lipinski definition) is 2. The molecule has 20 heavy (non-hydrogen) atoms. The van der Waals surface area contributed by atoms with E-state index in [9.17, 15) is 0 Å². The smallest absolute Gasteiger partial charge is 0.0577 e. The number of aryl methyl sites for hydroxylation is 1. The topological polar surface area (TPSA) is 38.0 Å². The van der Waals surface area contributed by atoms with E-state index in [1.165, 1.54) is 22.3 Å². The van der Waals surface area contributed by atoms with Crippen LogP contribution in [0.4, 0.5) is 11.4 Å². The molecular formula is C18H28N2. The first-order valence-corrected chi connectivity index (χ1v) is 7.21. The Hall–Kier alpha value is -1.70. The summed E-state index contributed by atoms with van der Waals surface area (Å²) in [6, 6.07) is 4.18. The van der Waals surface area contributed by atoms with E-state index in [2.05, 4.69) is 52.6 Å². The lowest BCUT2D eigenvalue weighted by Gasteiger charge is -2.18. The molecule has 0 saturated heterocycles. The second-order valence-corrected chi connectivity index (χ2v) is 5.99. The summed E-state index contributed by atoms with van der Waals surface area (Å²) >= 11 is 0. The molecule has 0 spiro atoms. The Morgan fingerprint density at radius 2 is 1.90 bits per heavy atom. The number of rotatable bonds is 5. The van der Waals surface area contributed by atoms with Crippen LogP contribution in [0.5, 0.6) is 0 Å². The quantitative estimate of drug-likeness (QED) is 0.584. The van der Waals surface area contributed by atoms with Crippen molar-refractivity contribution in [2.24, 2.45) is 5.92 Å².